The first-order chi connectivity index (χ1) is 9.88. The van der Waals surface area contributed by atoms with Crippen molar-refractivity contribution in [3.05, 3.63) is 65.5 Å². The topological polar surface area (TPSA) is 15.8 Å². The summed E-state index contributed by atoms with van der Waals surface area (Å²) in [6.07, 6.45) is 6.96. The van der Waals surface area contributed by atoms with Gasteiger partial charge in [0.05, 0.1) is 0 Å². The number of H-pyrrole nitrogens is 1. The average Bonchev–Trinajstić information content (AvgIpc) is 3.06. The Bertz CT molecular complexity index is 655. The van der Waals surface area contributed by atoms with Gasteiger partial charge in [0.25, 0.3) is 0 Å². The number of nitrogens with one attached hydrogen (secondary N) is 1. The fourth-order valence-corrected chi connectivity index (χ4v) is 3.19. The number of allylic oxidation sites excluding steroid dienone is 2. The Morgan fingerprint density at radius 1 is 1.10 bits per heavy atom. The number of hydrogen-bond acceptors (Lipinski definition) is 0. The minimum atomic E-state index is 0.170. The SMILES string of the molecule is CC(C)(C)c1c[nH]c(C2=C[C@](C)(c3ccccc3)CC2)c1. The molecule has 1 N–H and O–H groups in total. The lowest BCUT2D eigenvalue weighted by molar-refractivity contribution is 0.580. The molecule has 0 unspecified atom stereocenters. The Hall–Kier alpha value is -1.76. The van der Waals surface area contributed by atoms with Crippen molar-refractivity contribution >= 4 is 5.57 Å². The molecule has 0 saturated heterocycles. The zero-order chi connectivity index (χ0) is 15.1. The molecule has 0 aliphatic heterocycles. The van der Waals surface area contributed by atoms with Crippen LogP contribution in [0.5, 0.6) is 0 Å². The maximum absolute atomic E-state index is 3.48. The normalized spacial score (nSPS) is 22.4. The van der Waals surface area contributed by atoms with Crippen LogP contribution in [0.25, 0.3) is 5.57 Å². The third kappa shape index (κ3) is 2.70. The monoisotopic (exact) mass is 279 g/mol. The van der Waals surface area contributed by atoms with Crippen molar-refractivity contribution in [3.8, 4) is 0 Å². The molecule has 1 aliphatic carbocycles. The minimum absolute atomic E-state index is 0.170. The van der Waals surface area contributed by atoms with Gasteiger partial charge < -0.3 is 4.98 Å². The van der Waals surface area contributed by atoms with E-state index in [0.29, 0.717) is 0 Å². The molecule has 1 aromatic carbocycles. The maximum Gasteiger partial charge on any atom is 0.0413 e. The van der Waals surface area contributed by atoms with Gasteiger partial charge in [0.1, 0.15) is 0 Å². The molecule has 0 fully saturated rings. The summed E-state index contributed by atoms with van der Waals surface area (Å²) in [5.74, 6) is 0. The van der Waals surface area contributed by atoms with Crippen LogP contribution in [0.4, 0.5) is 0 Å². The molecule has 0 amide bonds. The van der Waals surface area contributed by atoms with E-state index in [4.69, 9.17) is 0 Å². The van der Waals surface area contributed by atoms with Crippen LogP contribution in [0.3, 0.4) is 0 Å². The van der Waals surface area contributed by atoms with Crippen LogP contribution < -0.4 is 0 Å². The van der Waals surface area contributed by atoms with E-state index in [9.17, 15) is 0 Å². The van der Waals surface area contributed by atoms with Gasteiger partial charge in [-0.05, 0) is 41.0 Å². The van der Waals surface area contributed by atoms with E-state index in [1.807, 2.05) is 0 Å². The zero-order valence-corrected chi connectivity index (χ0v) is 13.5. The van der Waals surface area contributed by atoms with Crippen LogP contribution in [0.15, 0.2) is 48.7 Å². The number of hydrogen-bond donors (Lipinski definition) is 1. The van der Waals surface area contributed by atoms with Gasteiger partial charge in [0, 0.05) is 17.3 Å². The van der Waals surface area contributed by atoms with Crippen LogP contribution in [-0.2, 0) is 10.8 Å². The molecule has 1 aromatic heterocycles. The van der Waals surface area contributed by atoms with Gasteiger partial charge in [-0.25, -0.2) is 0 Å². The quantitative estimate of drug-likeness (QED) is 0.752. The molecule has 1 heterocycles. The van der Waals surface area contributed by atoms with Gasteiger partial charge in [0.15, 0.2) is 0 Å². The van der Waals surface area contributed by atoms with E-state index in [0.717, 1.165) is 6.42 Å². The Labute approximate surface area is 128 Å². The van der Waals surface area contributed by atoms with Crippen LogP contribution in [-0.4, -0.2) is 4.98 Å². The maximum atomic E-state index is 3.48. The van der Waals surface area contributed by atoms with Crippen LogP contribution in [0.2, 0.25) is 0 Å². The summed E-state index contributed by atoms with van der Waals surface area (Å²) in [5, 5.41) is 0. The molecule has 1 nitrogen and oxygen atoms in total. The third-order valence-electron chi connectivity index (χ3n) is 4.73. The fraction of sp³-hybridized carbons (Fsp3) is 0.400. The van der Waals surface area contributed by atoms with E-state index < -0.39 is 0 Å². The van der Waals surface area contributed by atoms with Crippen LogP contribution >= 0.6 is 0 Å². The van der Waals surface area contributed by atoms with Crippen molar-refractivity contribution in [3.63, 3.8) is 0 Å². The molecular formula is C20H25N. The molecule has 0 radical (unpaired) electrons. The highest BCUT2D eigenvalue weighted by Crippen LogP contribution is 2.42. The fourth-order valence-electron chi connectivity index (χ4n) is 3.19. The number of aromatic amines is 1. The molecule has 110 valence electrons. The summed E-state index contributed by atoms with van der Waals surface area (Å²) in [6.45, 7) is 9.13. The van der Waals surface area contributed by atoms with Crippen molar-refractivity contribution < 1.29 is 0 Å². The molecule has 1 aliphatic rings. The summed E-state index contributed by atoms with van der Waals surface area (Å²) in [6, 6.07) is 13.2. The Morgan fingerprint density at radius 3 is 2.43 bits per heavy atom. The first-order valence-electron chi connectivity index (χ1n) is 7.85. The molecule has 0 saturated carbocycles. The minimum Gasteiger partial charge on any atom is -0.361 e. The molecule has 0 spiro atoms. The number of benzene rings is 1. The van der Waals surface area contributed by atoms with Crippen LogP contribution in [0, 0.1) is 0 Å². The molecule has 21 heavy (non-hydrogen) atoms. The van der Waals surface area contributed by atoms with Crippen molar-refractivity contribution in [1.29, 1.82) is 0 Å². The van der Waals surface area contributed by atoms with Crippen LogP contribution in [0.1, 0.15) is 57.4 Å². The first-order valence-corrected chi connectivity index (χ1v) is 7.85. The predicted octanol–water partition coefficient (Wildman–Crippen LogP) is 5.45. The van der Waals surface area contributed by atoms with Gasteiger partial charge in [-0.3, -0.25) is 0 Å². The standard InChI is InChI=1S/C20H25N/c1-19(2,3)17-12-18(21-14-17)15-10-11-20(4,13-15)16-8-6-5-7-9-16/h5-9,12-14,21H,10-11H2,1-4H3/t20-/m1/s1. The average molecular weight is 279 g/mol. The molecule has 1 atom stereocenters. The number of rotatable bonds is 2. The lowest BCUT2D eigenvalue weighted by atomic mass is 9.82. The second-order valence-electron chi connectivity index (χ2n) is 7.51. The molecule has 2 aromatic rings. The smallest absolute Gasteiger partial charge is 0.0413 e. The van der Waals surface area contributed by atoms with Gasteiger partial charge in [0.2, 0.25) is 0 Å². The molecule has 1 heteroatoms. The highest BCUT2D eigenvalue weighted by molar-refractivity contribution is 5.68. The first kappa shape index (κ1) is 14.2. The Balaban J connectivity index is 1.91. The van der Waals surface area contributed by atoms with Crippen molar-refractivity contribution in [2.24, 2.45) is 0 Å². The van der Waals surface area contributed by atoms with E-state index in [1.165, 1.54) is 28.8 Å². The summed E-state index contributed by atoms with van der Waals surface area (Å²) in [5.41, 5.74) is 5.92. The van der Waals surface area contributed by atoms with E-state index in [1.54, 1.807) is 0 Å². The summed E-state index contributed by atoms with van der Waals surface area (Å²) >= 11 is 0. The zero-order valence-electron chi connectivity index (χ0n) is 13.5. The summed E-state index contributed by atoms with van der Waals surface area (Å²) in [4.78, 5) is 3.48. The second-order valence-corrected chi connectivity index (χ2v) is 7.51. The van der Waals surface area contributed by atoms with Crippen molar-refractivity contribution in [2.45, 2.75) is 51.4 Å². The van der Waals surface area contributed by atoms with Crippen molar-refractivity contribution in [1.82, 2.24) is 4.98 Å². The van der Waals surface area contributed by atoms with Gasteiger partial charge in [-0.15, -0.1) is 0 Å². The Morgan fingerprint density at radius 2 is 1.81 bits per heavy atom. The van der Waals surface area contributed by atoms with E-state index in [-0.39, 0.29) is 10.8 Å². The molecule has 0 bridgehead atoms. The Kier molecular flexibility index (Phi) is 3.32. The number of aromatic nitrogens is 1. The third-order valence-corrected chi connectivity index (χ3v) is 4.73. The van der Waals surface area contributed by atoms with Crippen molar-refractivity contribution in [2.75, 3.05) is 0 Å². The largest absolute Gasteiger partial charge is 0.361 e. The van der Waals surface area contributed by atoms with Gasteiger partial charge in [-0.2, -0.15) is 0 Å². The highest BCUT2D eigenvalue weighted by Gasteiger charge is 2.30. The summed E-state index contributed by atoms with van der Waals surface area (Å²) < 4.78 is 0. The second kappa shape index (κ2) is 4.91. The lowest BCUT2D eigenvalue weighted by Crippen LogP contribution is -2.14. The highest BCUT2D eigenvalue weighted by atomic mass is 14.7. The van der Waals surface area contributed by atoms with Gasteiger partial charge >= 0.3 is 0 Å². The van der Waals surface area contributed by atoms with E-state index >= 15 is 0 Å². The van der Waals surface area contributed by atoms with E-state index in [2.05, 4.69) is 81.3 Å². The molecule has 3 rings (SSSR count). The summed E-state index contributed by atoms with van der Waals surface area (Å²) in [7, 11) is 0. The predicted molar refractivity (Wildman–Crippen MR) is 90.5 cm³/mol. The lowest BCUT2D eigenvalue weighted by Gasteiger charge is -2.21. The molecular weight excluding hydrogens is 254 g/mol. The van der Waals surface area contributed by atoms with Gasteiger partial charge in [-0.1, -0.05) is 64.1 Å².